The Kier molecular flexibility index (Phi) is 6.61. The molecule has 0 saturated carbocycles. The van der Waals surface area contributed by atoms with Crippen LogP contribution in [0.15, 0.2) is 176 Å². The van der Waals surface area contributed by atoms with Gasteiger partial charge in [-0.05, 0) is 77.9 Å². The lowest BCUT2D eigenvalue weighted by Gasteiger charge is -2.15. The molecular formula is C50H29N5. The topological polar surface area (TPSA) is 62.4 Å². The highest BCUT2D eigenvalue weighted by atomic mass is 15.1. The Hall–Kier alpha value is -7.86. The molecular weight excluding hydrogens is 671 g/mol. The smallest absolute Gasteiger partial charge is 0.0998 e. The highest BCUT2D eigenvalue weighted by Gasteiger charge is 2.21. The predicted octanol–water partition coefficient (Wildman–Crippen LogP) is 12.4. The molecule has 254 valence electrons. The number of para-hydroxylation sites is 5. The second kappa shape index (κ2) is 11.8. The molecule has 0 radical (unpaired) electrons. The van der Waals surface area contributed by atoms with E-state index in [-0.39, 0.29) is 0 Å². The maximum absolute atomic E-state index is 10.7. The number of hydrogen-bond donors (Lipinski definition) is 0. The average molecular weight is 700 g/mol. The molecule has 3 heterocycles. The summed E-state index contributed by atoms with van der Waals surface area (Å²) in [7, 11) is 0. The van der Waals surface area contributed by atoms with Crippen molar-refractivity contribution < 1.29 is 0 Å². The summed E-state index contributed by atoms with van der Waals surface area (Å²) in [4.78, 5) is 0. The Bertz CT molecular complexity index is 3400. The molecule has 3 aromatic heterocycles. The number of nitriles is 2. The first-order valence-corrected chi connectivity index (χ1v) is 18.3. The lowest BCUT2D eigenvalue weighted by atomic mass is 9.99. The third-order valence-corrected chi connectivity index (χ3v) is 11.1. The monoisotopic (exact) mass is 699 g/mol. The van der Waals surface area contributed by atoms with Crippen LogP contribution in [-0.4, -0.2) is 13.7 Å². The van der Waals surface area contributed by atoms with Crippen LogP contribution in [0.25, 0.3) is 93.6 Å². The second-order valence-electron chi connectivity index (χ2n) is 14.0. The highest BCUT2D eigenvalue weighted by Crippen LogP contribution is 2.40. The van der Waals surface area contributed by atoms with Gasteiger partial charge in [-0.25, -0.2) is 0 Å². The highest BCUT2D eigenvalue weighted by molar-refractivity contribution is 6.15. The van der Waals surface area contributed by atoms with Gasteiger partial charge < -0.3 is 13.7 Å². The van der Waals surface area contributed by atoms with Gasteiger partial charge >= 0.3 is 0 Å². The van der Waals surface area contributed by atoms with Crippen LogP contribution in [0.1, 0.15) is 11.1 Å². The van der Waals surface area contributed by atoms with Crippen molar-refractivity contribution >= 4 is 65.4 Å². The molecule has 0 aliphatic heterocycles. The Morgan fingerprint density at radius 3 is 1.51 bits per heavy atom. The molecule has 0 aliphatic carbocycles. The summed E-state index contributed by atoms with van der Waals surface area (Å²) < 4.78 is 6.90. The van der Waals surface area contributed by atoms with Crippen molar-refractivity contribution in [3.05, 3.63) is 187 Å². The summed E-state index contributed by atoms with van der Waals surface area (Å²) in [6, 6.07) is 65.9. The van der Waals surface area contributed by atoms with Crippen molar-refractivity contribution in [2.75, 3.05) is 0 Å². The van der Waals surface area contributed by atoms with Crippen molar-refractivity contribution in [2.45, 2.75) is 0 Å². The zero-order chi connectivity index (χ0) is 36.6. The van der Waals surface area contributed by atoms with Crippen molar-refractivity contribution in [1.29, 1.82) is 10.5 Å². The minimum absolute atomic E-state index is 0.598. The molecule has 11 rings (SSSR count). The number of nitrogens with zero attached hydrogens (tertiary/aromatic N) is 5. The van der Waals surface area contributed by atoms with Gasteiger partial charge in [-0.15, -0.1) is 0 Å². The molecule has 55 heavy (non-hydrogen) atoms. The van der Waals surface area contributed by atoms with Crippen LogP contribution in [0.5, 0.6) is 0 Å². The molecule has 8 aromatic carbocycles. The molecule has 5 heteroatoms. The van der Waals surface area contributed by atoms with Gasteiger partial charge in [0.2, 0.25) is 0 Å². The normalized spacial score (nSPS) is 11.6. The Labute approximate surface area is 316 Å². The molecule has 0 fully saturated rings. The number of fused-ring (bicyclic) bond motifs is 9. The zero-order valence-corrected chi connectivity index (χ0v) is 29.5. The Morgan fingerprint density at radius 2 is 0.891 bits per heavy atom. The van der Waals surface area contributed by atoms with Crippen LogP contribution in [0, 0.1) is 22.7 Å². The van der Waals surface area contributed by atoms with Crippen LogP contribution in [-0.2, 0) is 0 Å². The minimum atomic E-state index is 0.598. The summed E-state index contributed by atoms with van der Waals surface area (Å²) in [5.74, 6) is 0. The molecule has 0 aliphatic rings. The molecule has 0 unspecified atom stereocenters. The van der Waals surface area contributed by atoms with E-state index in [9.17, 15) is 10.5 Å². The first kappa shape index (κ1) is 30.7. The van der Waals surface area contributed by atoms with Crippen molar-refractivity contribution in [3.8, 4) is 40.3 Å². The Morgan fingerprint density at radius 1 is 0.364 bits per heavy atom. The Balaban J connectivity index is 1.08. The minimum Gasteiger partial charge on any atom is -0.309 e. The van der Waals surface area contributed by atoms with E-state index in [0.29, 0.717) is 11.1 Å². The maximum Gasteiger partial charge on any atom is 0.0998 e. The molecule has 0 atom stereocenters. The molecule has 0 amide bonds. The van der Waals surface area contributed by atoms with Gasteiger partial charge in [0, 0.05) is 43.7 Å². The third kappa shape index (κ3) is 4.45. The fraction of sp³-hybridized carbons (Fsp3) is 0. The molecule has 0 N–H and O–H groups in total. The van der Waals surface area contributed by atoms with E-state index in [4.69, 9.17) is 0 Å². The summed E-state index contributed by atoms with van der Waals surface area (Å²) in [6.45, 7) is 0. The summed E-state index contributed by atoms with van der Waals surface area (Å²) >= 11 is 0. The maximum atomic E-state index is 10.7. The van der Waals surface area contributed by atoms with Gasteiger partial charge in [0.05, 0.1) is 62.1 Å². The van der Waals surface area contributed by atoms with E-state index in [1.807, 2.05) is 36.4 Å². The number of hydrogen-bond acceptors (Lipinski definition) is 2. The van der Waals surface area contributed by atoms with Crippen LogP contribution in [0.2, 0.25) is 0 Å². The van der Waals surface area contributed by atoms with Crippen LogP contribution in [0.3, 0.4) is 0 Å². The molecule has 0 bridgehead atoms. The van der Waals surface area contributed by atoms with Gasteiger partial charge in [-0.1, -0.05) is 109 Å². The van der Waals surface area contributed by atoms with Gasteiger partial charge in [0.25, 0.3) is 0 Å². The van der Waals surface area contributed by atoms with Crippen LogP contribution < -0.4 is 0 Å². The van der Waals surface area contributed by atoms with Crippen molar-refractivity contribution in [3.63, 3.8) is 0 Å². The van der Waals surface area contributed by atoms with E-state index in [2.05, 4.69) is 165 Å². The van der Waals surface area contributed by atoms with E-state index in [1.165, 1.54) is 10.8 Å². The van der Waals surface area contributed by atoms with E-state index < -0.39 is 0 Å². The molecule has 0 saturated heterocycles. The first-order valence-electron chi connectivity index (χ1n) is 18.3. The quantitative estimate of drug-likeness (QED) is 0.184. The van der Waals surface area contributed by atoms with Gasteiger partial charge in [-0.2, -0.15) is 10.5 Å². The largest absolute Gasteiger partial charge is 0.309 e. The number of benzene rings is 8. The van der Waals surface area contributed by atoms with Gasteiger partial charge in [-0.3, -0.25) is 0 Å². The number of rotatable bonds is 4. The summed E-state index contributed by atoms with van der Waals surface area (Å²) in [5, 5.41) is 27.3. The summed E-state index contributed by atoms with van der Waals surface area (Å²) in [5.41, 5.74) is 12.6. The van der Waals surface area contributed by atoms with E-state index in [0.717, 1.165) is 82.8 Å². The SMILES string of the molecule is N#Cc1ccc2c3ccccc3n(-c3ccc(-c4ccc(-n5c6ccccc6c6cccc(-n7c8ccccc8c8ccccc87)c65)cc4C#N)cc3)c2c1. The molecule has 0 spiro atoms. The third-order valence-electron chi connectivity index (χ3n) is 11.1. The van der Waals surface area contributed by atoms with E-state index >= 15 is 0 Å². The first-order chi connectivity index (χ1) is 27.2. The van der Waals surface area contributed by atoms with Gasteiger partial charge in [0.1, 0.15) is 0 Å². The second-order valence-corrected chi connectivity index (χ2v) is 14.0. The molecule has 11 aromatic rings. The standard InChI is InChI=1S/C50H29N5/c51-30-32-20-26-42-40-12-1-5-15-44(40)53(49(42)28-32)35-23-21-33(22-24-35)37-27-25-36(29-34(37)31-52)54-45-16-6-4-13-41(45)43-14-9-19-48(50(43)54)55-46-17-7-2-10-38(46)39-11-3-8-18-47(39)55/h1-29H. The van der Waals surface area contributed by atoms with Crippen molar-refractivity contribution in [1.82, 2.24) is 13.7 Å². The molecule has 5 nitrogen and oxygen atoms in total. The lowest BCUT2D eigenvalue weighted by molar-refractivity contribution is 1.13. The summed E-state index contributed by atoms with van der Waals surface area (Å²) in [6.07, 6.45) is 0. The zero-order valence-electron chi connectivity index (χ0n) is 29.5. The predicted molar refractivity (Wildman–Crippen MR) is 224 cm³/mol. The van der Waals surface area contributed by atoms with Crippen molar-refractivity contribution in [2.24, 2.45) is 0 Å². The van der Waals surface area contributed by atoms with Crippen LogP contribution in [0.4, 0.5) is 0 Å². The fourth-order valence-electron chi connectivity index (χ4n) is 8.76. The lowest BCUT2D eigenvalue weighted by Crippen LogP contribution is -2.01. The fourth-order valence-corrected chi connectivity index (χ4v) is 8.76. The number of aromatic nitrogens is 3. The van der Waals surface area contributed by atoms with Gasteiger partial charge in [0.15, 0.2) is 0 Å². The van der Waals surface area contributed by atoms with E-state index in [1.54, 1.807) is 0 Å². The van der Waals surface area contributed by atoms with Crippen LogP contribution >= 0.6 is 0 Å². The average Bonchev–Trinajstić information content (AvgIpc) is 3.89.